The van der Waals surface area contributed by atoms with Crippen LogP contribution in [0.5, 0.6) is 0 Å². The van der Waals surface area contributed by atoms with Gasteiger partial charge in [0.15, 0.2) is 0 Å². The average molecular weight is 357 g/mol. The van der Waals surface area contributed by atoms with Crippen molar-refractivity contribution in [1.29, 1.82) is 0 Å². The van der Waals surface area contributed by atoms with E-state index in [0.29, 0.717) is 22.9 Å². The van der Waals surface area contributed by atoms with Gasteiger partial charge in [0, 0.05) is 36.9 Å². The third-order valence-corrected chi connectivity index (χ3v) is 4.11. The number of pyridine rings is 1. The van der Waals surface area contributed by atoms with E-state index in [1.54, 1.807) is 31.1 Å². The molecule has 2 heterocycles. The van der Waals surface area contributed by atoms with Gasteiger partial charge in [-0.05, 0) is 42.5 Å². The molecule has 1 amide bonds. The summed E-state index contributed by atoms with van der Waals surface area (Å²) in [5, 5.41) is 0.665. The maximum absolute atomic E-state index is 12.5. The first kappa shape index (κ1) is 17.0. The molecule has 3 aromatic rings. The van der Waals surface area contributed by atoms with Crippen LogP contribution in [0.15, 0.2) is 63.9 Å². The van der Waals surface area contributed by atoms with Crippen molar-refractivity contribution < 1.29 is 9.21 Å². The van der Waals surface area contributed by atoms with Gasteiger partial charge in [0.25, 0.3) is 5.91 Å². The maximum atomic E-state index is 12.5. The van der Waals surface area contributed by atoms with Crippen LogP contribution in [0.4, 0.5) is 0 Å². The number of benzene rings is 1. The molecule has 0 atom stereocenters. The molecule has 0 radical (unpaired) electrons. The lowest BCUT2D eigenvalue weighted by Gasteiger charge is -2.16. The van der Waals surface area contributed by atoms with E-state index in [4.69, 9.17) is 16.0 Å². The van der Waals surface area contributed by atoms with Crippen LogP contribution in [0, 0.1) is 0 Å². The van der Waals surface area contributed by atoms with E-state index in [9.17, 15) is 9.59 Å². The summed E-state index contributed by atoms with van der Waals surface area (Å²) < 4.78 is 7.20. The van der Waals surface area contributed by atoms with Gasteiger partial charge in [-0.3, -0.25) is 9.59 Å². The number of furan rings is 1. The molecule has 5 nitrogen and oxygen atoms in total. The largest absolute Gasteiger partial charge is 0.459 e. The molecule has 0 saturated heterocycles. The summed E-state index contributed by atoms with van der Waals surface area (Å²) in [5.41, 5.74) is 1.22. The Hall–Kier alpha value is -2.79. The molecule has 6 heteroatoms. The highest BCUT2D eigenvalue weighted by Gasteiger charge is 2.15. The third-order valence-electron chi connectivity index (χ3n) is 3.86. The second-order valence-corrected chi connectivity index (χ2v) is 6.24. The van der Waals surface area contributed by atoms with Crippen LogP contribution in [0.1, 0.15) is 16.1 Å². The molecule has 128 valence electrons. The van der Waals surface area contributed by atoms with Gasteiger partial charge in [-0.15, -0.1) is 0 Å². The molecular formula is C19H17ClN2O3. The second-order valence-electron chi connectivity index (χ2n) is 5.80. The first-order chi connectivity index (χ1) is 11.9. The summed E-state index contributed by atoms with van der Waals surface area (Å²) in [6.07, 6.45) is 1.53. The Morgan fingerprint density at radius 2 is 1.84 bits per heavy atom. The molecule has 2 aromatic heterocycles. The first-order valence-electron chi connectivity index (χ1n) is 7.71. The van der Waals surface area contributed by atoms with Gasteiger partial charge in [-0.1, -0.05) is 11.6 Å². The molecule has 0 aliphatic heterocycles. The zero-order valence-electron chi connectivity index (χ0n) is 13.9. The van der Waals surface area contributed by atoms with E-state index in [1.165, 1.54) is 22.9 Å². The molecule has 0 saturated carbocycles. The standard InChI is InChI=1S/C19H17ClN2O3/c1-21-11-14(5-10-18(21)23)19(24)22(2)12-16-8-9-17(25-16)13-3-6-15(20)7-4-13/h3-11H,12H2,1-2H3. The highest BCUT2D eigenvalue weighted by atomic mass is 35.5. The van der Waals surface area contributed by atoms with Crippen LogP contribution in [0.3, 0.4) is 0 Å². The van der Waals surface area contributed by atoms with Crippen LogP contribution in [-0.2, 0) is 13.6 Å². The molecule has 0 aliphatic carbocycles. The lowest BCUT2D eigenvalue weighted by atomic mass is 10.2. The average Bonchev–Trinajstić information content (AvgIpc) is 3.05. The van der Waals surface area contributed by atoms with Gasteiger partial charge < -0.3 is 13.9 Å². The summed E-state index contributed by atoms with van der Waals surface area (Å²) in [4.78, 5) is 25.5. The fourth-order valence-electron chi connectivity index (χ4n) is 2.48. The van der Waals surface area contributed by atoms with Crippen molar-refractivity contribution in [2.75, 3.05) is 7.05 Å². The Morgan fingerprint density at radius 3 is 2.52 bits per heavy atom. The lowest BCUT2D eigenvalue weighted by molar-refractivity contribution is 0.0775. The number of aromatic nitrogens is 1. The minimum absolute atomic E-state index is 0.155. The van der Waals surface area contributed by atoms with Crippen molar-refractivity contribution in [2.24, 2.45) is 7.05 Å². The van der Waals surface area contributed by atoms with E-state index >= 15 is 0 Å². The van der Waals surface area contributed by atoms with Crippen LogP contribution >= 0.6 is 11.6 Å². The summed E-state index contributed by atoms with van der Waals surface area (Å²) >= 11 is 5.89. The van der Waals surface area contributed by atoms with Gasteiger partial charge in [0.2, 0.25) is 5.56 Å². The van der Waals surface area contributed by atoms with E-state index in [0.717, 1.165) is 11.3 Å². The van der Waals surface area contributed by atoms with E-state index < -0.39 is 0 Å². The van der Waals surface area contributed by atoms with Crippen molar-refractivity contribution in [2.45, 2.75) is 6.54 Å². The van der Waals surface area contributed by atoms with E-state index in [-0.39, 0.29) is 11.5 Å². The lowest BCUT2D eigenvalue weighted by Crippen LogP contribution is -2.27. The first-order valence-corrected chi connectivity index (χ1v) is 8.08. The Bertz CT molecular complexity index is 957. The third kappa shape index (κ3) is 3.83. The number of hydrogen-bond acceptors (Lipinski definition) is 3. The number of carbonyl (C=O) groups excluding carboxylic acids is 1. The van der Waals surface area contributed by atoms with Crippen molar-refractivity contribution in [1.82, 2.24) is 9.47 Å². The van der Waals surface area contributed by atoms with Crippen LogP contribution < -0.4 is 5.56 Å². The van der Waals surface area contributed by atoms with Crippen LogP contribution in [0.2, 0.25) is 5.02 Å². The van der Waals surface area contributed by atoms with Gasteiger partial charge in [-0.2, -0.15) is 0 Å². The number of rotatable bonds is 4. The highest BCUT2D eigenvalue weighted by Crippen LogP contribution is 2.24. The molecule has 0 bridgehead atoms. The predicted molar refractivity (Wildman–Crippen MR) is 96.6 cm³/mol. The van der Waals surface area contributed by atoms with Crippen molar-refractivity contribution >= 4 is 17.5 Å². The quantitative estimate of drug-likeness (QED) is 0.718. The van der Waals surface area contributed by atoms with Crippen molar-refractivity contribution in [3.63, 3.8) is 0 Å². The Kier molecular flexibility index (Phi) is 4.76. The van der Waals surface area contributed by atoms with Crippen LogP contribution in [0.25, 0.3) is 11.3 Å². The predicted octanol–water partition coefficient (Wildman–Crippen LogP) is 3.57. The van der Waals surface area contributed by atoms with Crippen molar-refractivity contribution in [3.8, 4) is 11.3 Å². The number of hydrogen-bond donors (Lipinski definition) is 0. The molecular weight excluding hydrogens is 340 g/mol. The Labute approximate surface area is 150 Å². The summed E-state index contributed by atoms with van der Waals surface area (Å²) in [6.45, 7) is 0.329. The molecule has 0 spiro atoms. The molecule has 0 fully saturated rings. The summed E-state index contributed by atoms with van der Waals surface area (Å²) in [7, 11) is 3.31. The normalized spacial score (nSPS) is 10.7. The number of amides is 1. The zero-order chi connectivity index (χ0) is 18.0. The van der Waals surface area contributed by atoms with Crippen molar-refractivity contribution in [3.05, 3.63) is 81.4 Å². The Balaban J connectivity index is 1.73. The fourth-order valence-corrected chi connectivity index (χ4v) is 2.60. The number of nitrogens with zero attached hydrogens (tertiary/aromatic N) is 2. The Morgan fingerprint density at radius 1 is 1.12 bits per heavy atom. The van der Waals surface area contributed by atoms with Crippen LogP contribution in [-0.4, -0.2) is 22.4 Å². The second kappa shape index (κ2) is 6.99. The molecule has 1 aromatic carbocycles. The number of carbonyl (C=O) groups is 1. The monoisotopic (exact) mass is 356 g/mol. The minimum Gasteiger partial charge on any atom is -0.459 e. The summed E-state index contributed by atoms with van der Waals surface area (Å²) in [6, 6.07) is 14.0. The van der Waals surface area contributed by atoms with Gasteiger partial charge in [0.1, 0.15) is 11.5 Å². The smallest absolute Gasteiger partial charge is 0.255 e. The summed E-state index contributed by atoms with van der Waals surface area (Å²) in [5.74, 6) is 1.21. The SMILES string of the molecule is CN(Cc1ccc(-c2ccc(Cl)cc2)o1)C(=O)c1ccc(=O)n(C)c1. The molecule has 0 N–H and O–H groups in total. The molecule has 0 aliphatic rings. The zero-order valence-corrected chi connectivity index (χ0v) is 14.7. The molecule has 3 rings (SSSR count). The van der Waals surface area contributed by atoms with Gasteiger partial charge in [0.05, 0.1) is 12.1 Å². The number of halogens is 1. The van der Waals surface area contributed by atoms with E-state index in [1.807, 2.05) is 24.3 Å². The van der Waals surface area contributed by atoms with Gasteiger partial charge >= 0.3 is 0 Å². The van der Waals surface area contributed by atoms with Gasteiger partial charge in [-0.25, -0.2) is 0 Å². The number of aryl methyl sites for hydroxylation is 1. The fraction of sp³-hybridized carbons (Fsp3) is 0.158. The minimum atomic E-state index is -0.181. The molecule has 0 unspecified atom stereocenters. The highest BCUT2D eigenvalue weighted by molar-refractivity contribution is 6.30. The molecule has 25 heavy (non-hydrogen) atoms. The van der Waals surface area contributed by atoms with E-state index in [2.05, 4.69) is 0 Å². The maximum Gasteiger partial charge on any atom is 0.255 e. The topological polar surface area (TPSA) is 55.5 Å².